The maximum Gasteiger partial charge on any atom is 0.0819 e. The molecule has 2 heteroatoms. The highest BCUT2D eigenvalue weighted by Gasteiger charge is 1.96. The molecule has 0 aliphatic carbocycles. The molecule has 1 N–H and O–H groups in total. The molecule has 0 rings (SSSR count). The molecule has 0 fully saturated rings. The van der Waals surface area contributed by atoms with Crippen LogP contribution in [0.5, 0.6) is 0 Å². The second-order valence-electron chi connectivity index (χ2n) is 5.63. The highest BCUT2D eigenvalue weighted by molar-refractivity contribution is 4.89. The summed E-state index contributed by atoms with van der Waals surface area (Å²) >= 11 is 0. The van der Waals surface area contributed by atoms with Crippen LogP contribution in [0, 0.1) is 11.8 Å². The van der Waals surface area contributed by atoms with Crippen molar-refractivity contribution >= 4 is 0 Å². The van der Waals surface area contributed by atoms with Gasteiger partial charge in [0.05, 0.1) is 6.61 Å². The van der Waals surface area contributed by atoms with Crippen LogP contribution < -0.4 is 0 Å². The van der Waals surface area contributed by atoms with E-state index in [1.807, 2.05) is 36.5 Å². The highest BCUT2D eigenvalue weighted by Crippen LogP contribution is 2.10. The van der Waals surface area contributed by atoms with Gasteiger partial charge >= 0.3 is 0 Å². The van der Waals surface area contributed by atoms with Crippen LogP contribution in [0.3, 0.4) is 0 Å². The molecule has 0 heterocycles. The summed E-state index contributed by atoms with van der Waals surface area (Å²) in [7, 11) is 0. The van der Waals surface area contributed by atoms with E-state index in [9.17, 15) is 0 Å². The van der Waals surface area contributed by atoms with E-state index < -0.39 is 0 Å². The minimum Gasteiger partial charge on any atom is -0.252 e. The molecule has 2 nitrogen and oxygen atoms in total. The summed E-state index contributed by atoms with van der Waals surface area (Å²) in [5.74, 6) is 1.08. The van der Waals surface area contributed by atoms with E-state index in [0.717, 1.165) is 38.5 Å². The summed E-state index contributed by atoms with van der Waals surface area (Å²) < 4.78 is 0. The third kappa shape index (κ3) is 27.5. The molecule has 0 aromatic heterocycles. The van der Waals surface area contributed by atoms with Gasteiger partial charge in [0.2, 0.25) is 0 Å². The summed E-state index contributed by atoms with van der Waals surface area (Å²) in [4.78, 5) is 3.84. The molecule has 0 radical (unpaired) electrons. The molecule has 0 bridgehead atoms. The van der Waals surface area contributed by atoms with Crippen molar-refractivity contribution in [3.63, 3.8) is 0 Å². The highest BCUT2D eigenvalue weighted by atomic mass is 17.1. The quantitative estimate of drug-likeness (QED) is 0.152. The predicted octanol–water partition coefficient (Wildman–Crippen LogP) is 7.55. The van der Waals surface area contributed by atoms with Gasteiger partial charge in [0.15, 0.2) is 0 Å². The average molecular weight is 349 g/mol. The Morgan fingerprint density at radius 2 is 1.08 bits per heavy atom. The zero-order valence-corrected chi connectivity index (χ0v) is 16.4. The lowest BCUT2D eigenvalue weighted by molar-refractivity contribution is -0.242. The fraction of sp³-hybridized carbons (Fsp3) is 0.478. The van der Waals surface area contributed by atoms with Gasteiger partial charge in [-0.05, 0) is 43.9 Å². The molecule has 0 unspecified atom stereocenters. The van der Waals surface area contributed by atoms with Crippen LogP contribution in [0.15, 0.2) is 75.9 Å². The number of allylic oxidation sites excluding steroid dienone is 6. The van der Waals surface area contributed by atoms with Gasteiger partial charge in [-0.25, -0.2) is 4.89 Å². The Hall–Kier alpha value is -1.64. The van der Waals surface area contributed by atoms with E-state index in [2.05, 4.69) is 51.3 Å². The molecular formula is C23H40O2. The van der Waals surface area contributed by atoms with E-state index in [1.165, 1.54) is 6.42 Å². The lowest BCUT2D eigenvalue weighted by Crippen LogP contribution is -1.90. The van der Waals surface area contributed by atoms with Gasteiger partial charge in [-0.2, -0.15) is 0 Å². The molecule has 25 heavy (non-hydrogen) atoms. The van der Waals surface area contributed by atoms with Crippen molar-refractivity contribution in [1.82, 2.24) is 0 Å². The number of unbranched alkanes of at least 4 members (excludes halogenated alkanes) is 2. The van der Waals surface area contributed by atoms with E-state index in [-0.39, 0.29) is 0 Å². The number of hydrogen-bond donors (Lipinski definition) is 1. The predicted molar refractivity (Wildman–Crippen MR) is 115 cm³/mol. The first kappa shape index (κ1) is 28.2. The first-order chi connectivity index (χ1) is 12.1. The van der Waals surface area contributed by atoms with Crippen LogP contribution in [0.4, 0.5) is 0 Å². The standard InChI is InChI=1S/2C9H14.C5H12O2/c2*1-4-7-9(6-3)8-5-2;1-2-3-4-5-7-6/h2*4-6,9H,1-3,7-8H2;6H,2-5H2,1H3. The molecule has 0 saturated heterocycles. The molecule has 0 amide bonds. The van der Waals surface area contributed by atoms with Crippen LogP contribution in [0.25, 0.3) is 0 Å². The Kier molecular flexibility index (Phi) is 30.7. The van der Waals surface area contributed by atoms with Gasteiger partial charge in [-0.3, -0.25) is 5.26 Å². The van der Waals surface area contributed by atoms with Crippen molar-refractivity contribution in [1.29, 1.82) is 0 Å². The minimum atomic E-state index is 0.480. The average Bonchev–Trinajstić information content (AvgIpc) is 2.63. The van der Waals surface area contributed by atoms with Crippen LogP contribution in [0.1, 0.15) is 51.9 Å². The normalized spacial score (nSPS) is 9.12. The first-order valence-electron chi connectivity index (χ1n) is 9.06. The fourth-order valence-corrected chi connectivity index (χ4v) is 1.85. The van der Waals surface area contributed by atoms with Crippen molar-refractivity contribution in [2.75, 3.05) is 6.61 Å². The van der Waals surface area contributed by atoms with E-state index >= 15 is 0 Å². The Labute approximate surface area is 156 Å². The zero-order chi connectivity index (χ0) is 19.8. The third-order valence-electron chi connectivity index (χ3n) is 3.38. The van der Waals surface area contributed by atoms with E-state index in [1.54, 1.807) is 0 Å². The summed E-state index contributed by atoms with van der Waals surface area (Å²) in [5.41, 5.74) is 0. The van der Waals surface area contributed by atoms with Crippen molar-refractivity contribution < 1.29 is 10.1 Å². The molecule has 0 aliphatic rings. The van der Waals surface area contributed by atoms with Gasteiger partial charge < -0.3 is 0 Å². The largest absolute Gasteiger partial charge is 0.252 e. The van der Waals surface area contributed by atoms with Crippen molar-refractivity contribution in [3.05, 3.63) is 75.9 Å². The lowest BCUT2D eigenvalue weighted by Gasteiger charge is -2.03. The topological polar surface area (TPSA) is 29.5 Å². The lowest BCUT2D eigenvalue weighted by atomic mass is 10.0. The Bertz CT molecular complexity index is 279. The molecule has 0 atom stereocenters. The van der Waals surface area contributed by atoms with Crippen LogP contribution >= 0.6 is 0 Å². The van der Waals surface area contributed by atoms with Gasteiger partial charge in [0, 0.05) is 0 Å². The zero-order valence-electron chi connectivity index (χ0n) is 16.4. The second kappa shape index (κ2) is 27.2. The minimum absolute atomic E-state index is 0.480. The van der Waals surface area contributed by atoms with Gasteiger partial charge in [-0.1, -0.05) is 56.2 Å². The SMILES string of the molecule is C=CCC(C=C)CC=C.C=CCC(C=C)CC=C.CCCCCOO. The maximum absolute atomic E-state index is 7.79. The maximum atomic E-state index is 7.79. The Morgan fingerprint density at radius 3 is 1.28 bits per heavy atom. The molecule has 0 spiro atoms. The fourth-order valence-electron chi connectivity index (χ4n) is 1.85. The molecule has 0 aliphatic heterocycles. The molecule has 0 aromatic carbocycles. The molecule has 0 aromatic rings. The summed E-state index contributed by atoms with van der Waals surface area (Å²) in [6, 6.07) is 0. The molecule has 144 valence electrons. The van der Waals surface area contributed by atoms with Gasteiger partial charge in [-0.15, -0.1) is 39.5 Å². The Morgan fingerprint density at radius 1 is 0.720 bits per heavy atom. The summed E-state index contributed by atoms with van der Waals surface area (Å²) in [6.45, 7) is 24.6. The number of hydrogen-bond acceptors (Lipinski definition) is 2. The summed E-state index contributed by atoms with van der Waals surface area (Å²) in [6.07, 6.45) is 18.9. The van der Waals surface area contributed by atoms with Crippen molar-refractivity contribution in [3.8, 4) is 0 Å². The summed E-state index contributed by atoms with van der Waals surface area (Å²) in [5, 5.41) is 7.79. The monoisotopic (exact) mass is 348 g/mol. The van der Waals surface area contributed by atoms with Crippen molar-refractivity contribution in [2.24, 2.45) is 11.8 Å². The molecule has 0 saturated carbocycles. The molecular weight excluding hydrogens is 308 g/mol. The smallest absolute Gasteiger partial charge is 0.0819 e. The third-order valence-corrected chi connectivity index (χ3v) is 3.38. The first-order valence-corrected chi connectivity index (χ1v) is 9.06. The number of rotatable bonds is 14. The van der Waals surface area contributed by atoms with E-state index in [4.69, 9.17) is 5.26 Å². The second-order valence-corrected chi connectivity index (χ2v) is 5.63. The van der Waals surface area contributed by atoms with Crippen LogP contribution in [-0.2, 0) is 4.89 Å². The Balaban J connectivity index is -0.000000293. The van der Waals surface area contributed by atoms with Gasteiger partial charge in [0.25, 0.3) is 0 Å². The van der Waals surface area contributed by atoms with Crippen LogP contribution in [0.2, 0.25) is 0 Å². The van der Waals surface area contributed by atoms with Crippen molar-refractivity contribution in [2.45, 2.75) is 51.9 Å². The van der Waals surface area contributed by atoms with Gasteiger partial charge in [0.1, 0.15) is 0 Å². The van der Waals surface area contributed by atoms with Crippen LogP contribution in [-0.4, -0.2) is 11.9 Å². The van der Waals surface area contributed by atoms with E-state index in [0.29, 0.717) is 18.4 Å².